The molecule has 0 unspecified atom stereocenters. The van der Waals surface area contributed by atoms with Crippen molar-refractivity contribution in [2.45, 2.75) is 57.7 Å². The molecule has 1 saturated carbocycles. The summed E-state index contributed by atoms with van der Waals surface area (Å²) in [6.07, 6.45) is 4.59. The fraction of sp³-hybridized carbons (Fsp3) is 0.923. The molecule has 2 aliphatic rings. The van der Waals surface area contributed by atoms with Gasteiger partial charge in [-0.2, -0.15) is 0 Å². The summed E-state index contributed by atoms with van der Waals surface area (Å²) in [7, 11) is 3.41. The molecule has 0 aromatic carbocycles. The highest BCUT2D eigenvalue weighted by Crippen LogP contribution is 2.56. The molecule has 5 nitrogen and oxygen atoms in total. The Morgan fingerprint density at radius 2 is 1.79 bits per heavy atom. The fourth-order valence-electron chi connectivity index (χ4n) is 3.03. The van der Waals surface area contributed by atoms with Crippen molar-refractivity contribution < 1.29 is 14.1 Å². The molecular weight excluding hydrogens is 263 g/mol. The molecule has 0 spiro atoms. The number of hydrogen-bond donors (Lipinski definition) is 0. The smallest absolute Gasteiger partial charge is 0.335 e. The van der Waals surface area contributed by atoms with E-state index in [9.17, 15) is 4.79 Å². The topological polar surface area (TPSA) is 42.0 Å². The lowest BCUT2D eigenvalue weighted by Crippen LogP contribution is -2.37. The van der Waals surface area contributed by atoms with Crippen LogP contribution in [0.4, 0.5) is 0 Å². The molecule has 2 rings (SSSR count). The number of hydrogen-bond acceptors (Lipinski definition) is 5. The van der Waals surface area contributed by atoms with Crippen LogP contribution < -0.4 is 0 Å². The van der Waals surface area contributed by atoms with Crippen molar-refractivity contribution in [3.8, 4) is 0 Å². The summed E-state index contributed by atoms with van der Waals surface area (Å²) in [6.45, 7) is 4.00. The molecule has 3 atom stereocenters. The van der Waals surface area contributed by atoms with Crippen LogP contribution in [0.25, 0.3) is 0 Å². The van der Waals surface area contributed by atoms with Gasteiger partial charge in [0, 0.05) is 12.1 Å². The summed E-state index contributed by atoms with van der Waals surface area (Å²) < 4.78 is 15.7. The van der Waals surface area contributed by atoms with E-state index in [1.54, 1.807) is 6.92 Å². The second-order valence-electron chi connectivity index (χ2n) is 5.32. The molecule has 0 aromatic heterocycles. The van der Waals surface area contributed by atoms with Crippen molar-refractivity contribution >= 4 is 14.4 Å². The Labute approximate surface area is 117 Å². The molecule has 19 heavy (non-hydrogen) atoms. The molecule has 0 amide bonds. The molecule has 1 aliphatic heterocycles. The second-order valence-corrected chi connectivity index (χ2v) is 7.30. The van der Waals surface area contributed by atoms with Crippen molar-refractivity contribution in [3.05, 3.63) is 0 Å². The largest absolute Gasteiger partial charge is 0.464 e. The molecule has 0 N–H and O–H groups in total. The highest BCUT2D eigenvalue weighted by atomic mass is 31.2. The number of likely N-dealkylation sites (N-methyl/N-ethyl adjacent to an activating group) is 2. The average molecular weight is 288 g/mol. The zero-order chi connectivity index (χ0) is 14.0. The van der Waals surface area contributed by atoms with Gasteiger partial charge in [-0.3, -0.25) is 0 Å². The van der Waals surface area contributed by atoms with E-state index in [-0.39, 0.29) is 5.97 Å². The van der Waals surface area contributed by atoms with Crippen LogP contribution in [0.15, 0.2) is 0 Å². The van der Waals surface area contributed by atoms with Gasteiger partial charge in [-0.15, -0.1) is 0 Å². The molecule has 1 saturated heterocycles. The van der Waals surface area contributed by atoms with Crippen molar-refractivity contribution in [1.82, 2.24) is 9.34 Å². The van der Waals surface area contributed by atoms with Crippen LogP contribution in [-0.4, -0.2) is 54.2 Å². The summed E-state index contributed by atoms with van der Waals surface area (Å²) in [6, 6.07) is 1.17. The quantitative estimate of drug-likeness (QED) is 0.587. The van der Waals surface area contributed by atoms with E-state index < -0.39 is 14.6 Å². The van der Waals surface area contributed by atoms with Crippen LogP contribution in [0.2, 0.25) is 0 Å². The SMILES string of the molecule is CCOC(=O)[C@@H](C)OP1N(C)[C@@H]2CCCC[C@H]2N1C. The molecule has 2 fully saturated rings. The highest BCUT2D eigenvalue weighted by molar-refractivity contribution is 7.47. The summed E-state index contributed by atoms with van der Waals surface area (Å²) >= 11 is 0. The number of ether oxygens (including phenoxy) is 1. The van der Waals surface area contributed by atoms with E-state index in [0.717, 1.165) is 0 Å². The monoisotopic (exact) mass is 288 g/mol. The summed E-state index contributed by atoms with van der Waals surface area (Å²) in [5, 5.41) is 0. The average Bonchev–Trinajstić information content (AvgIpc) is 2.65. The van der Waals surface area contributed by atoms with Crippen LogP contribution in [0.5, 0.6) is 0 Å². The van der Waals surface area contributed by atoms with Gasteiger partial charge in [-0.25, -0.2) is 14.1 Å². The predicted octanol–water partition coefficient (Wildman–Crippen LogP) is 2.37. The maximum absolute atomic E-state index is 11.7. The number of esters is 1. The van der Waals surface area contributed by atoms with Gasteiger partial charge in [0.15, 0.2) is 14.6 Å². The van der Waals surface area contributed by atoms with Gasteiger partial charge in [-0.05, 0) is 40.8 Å². The molecule has 1 aliphatic carbocycles. The first-order chi connectivity index (χ1) is 9.06. The van der Waals surface area contributed by atoms with Gasteiger partial charge < -0.3 is 9.26 Å². The van der Waals surface area contributed by atoms with Gasteiger partial charge in [0.2, 0.25) is 0 Å². The molecular formula is C13H25N2O3P. The summed E-state index contributed by atoms with van der Waals surface area (Å²) in [5.41, 5.74) is 0. The van der Waals surface area contributed by atoms with E-state index in [1.165, 1.54) is 25.7 Å². The van der Waals surface area contributed by atoms with Gasteiger partial charge in [0.05, 0.1) is 6.61 Å². The van der Waals surface area contributed by atoms with Gasteiger partial charge in [0.1, 0.15) is 0 Å². The zero-order valence-corrected chi connectivity index (χ0v) is 13.2. The maximum atomic E-state index is 11.7. The lowest BCUT2D eigenvalue weighted by molar-refractivity contribution is -0.150. The van der Waals surface area contributed by atoms with Crippen molar-refractivity contribution in [2.75, 3.05) is 20.7 Å². The normalized spacial score (nSPS) is 31.2. The fourth-order valence-corrected chi connectivity index (χ4v) is 5.19. The highest BCUT2D eigenvalue weighted by Gasteiger charge is 2.46. The first kappa shape index (κ1) is 15.2. The number of nitrogens with zero attached hydrogens (tertiary/aromatic N) is 2. The lowest BCUT2D eigenvalue weighted by atomic mass is 9.91. The predicted molar refractivity (Wildman–Crippen MR) is 75.7 cm³/mol. The van der Waals surface area contributed by atoms with E-state index in [4.69, 9.17) is 9.26 Å². The lowest BCUT2D eigenvalue weighted by Gasteiger charge is -2.28. The third-order valence-electron chi connectivity index (χ3n) is 4.06. The summed E-state index contributed by atoms with van der Waals surface area (Å²) in [5.74, 6) is -0.262. The zero-order valence-electron chi connectivity index (χ0n) is 12.3. The van der Waals surface area contributed by atoms with Crippen LogP contribution >= 0.6 is 8.45 Å². The Morgan fingerprint density at radius 3 is 2.26 bits per heavy atom. The standard InChI is InChI=1S/C13H25N2O3P/c1-5-17-13(16)10(2)18-19-14(3)11-8-6-7-9-12(11)15(19)4/h10-12H,5-9H2,1-4H3/t10-,11-,12-/m1/s1. The van der Waals surface area contributed by atoms with E-state index in [2.05, 4.69) is 23.4 Å². The minimum Gasteiger partial charge on any atom is -0.464 e. The third kappa shape index (κ3) is 3.10. The van der Waals surface area contributed by atoms with Crippen molar-refractivity contribution in [1.29, 1.82) is 0 Å². The molecule has 0 aromatic rings. The Hall–Kier alpha value is -0.220. The molecule has 6 heteroatoms. The van der Waals surface area contributed by atoms with Crippen LogP contribution in [-0.2, 0) is 14.1 Å². The first-order valence-corrected chi connectivity index (χ1v) is 8.31. The first-order valence-electron chi connectivity index (χ1n) is 7.15. The van der Waals surface area contributed by atoms with Gasteiger partial charge >= 0.3 is 5.97 Å². The number of fused-ring (bicyclic) bond motifs is 1. The number of rotatable bonds is 4. The molecule has 1 heterocycles. The number of carbonyl (C=O) groups is 1. The Balaban J connectivity index is 1.98. The van der Waals surface area contributed by atoms with Gasteiger partial charge in [-0.1, -0.05) is 12.8 Å². The minimum atomic E-state index is -0.835. The van der Waals surface area contributed by atoms with Gasteiger partial charge in [0.25, 0.3) is 0 Å². The Bertz CT molecular complexity index is 311. The van der Waals surface area contributed by atoms with Crippen LogP contribution in [0.1, 0.15) is 39.5 Å². The van der Waals surface area contributed by atoms with Crippen LogP contribution in [0, 0.1) is 0 Å². The molecule has 0 radical (unpaired) electrons. The third-order valence-corrected chi connectivity index (χ3v) is 6.24. The summed E-state index contributed by atoms with van der Waals surface area (Å²) in [4.78, 5) is 11.7. The minimum absolute atomic E-state index is 0.262. The Morgan fingerprint density at radius 1 is 1.26 bits per heavy atom. The Kier molecular flexibility index (Phi) is 5.18. The van der Waals surface area contributed by atoms with E-state index in [0.29, 0.717) is 18.7 Å². The number of carbonyl (C=O) groups excluding carboxylic acids is 1. The van der Waals surface area contributed by atoms with E-state index in [1.807, 2.05) is 6.92 Å². The van der Waals surface area contributed by atoms with E-state index >= 15 is 0 Å². The maximum Gasteiger partial charge on any atom is 0.335 e. The molecule has 0 bridgehead atoms. The van der Waals surface area contributed by atoms with Crippen LogP contribution in [0.3, 0.4) is 0 Å². The molecule has 110 valence electrons. The second kappa shape index (κ2) is 6.49. The van der Waals surface area contributed by atoms with Crippen molar-refractivity contribution in [3.63, 3.8) is 0 Å². The van der Waals surface area contributed by atoms with Crippen molar-refractivity contribution in [2.24, 2.45) is 0 Å².